The Morgan fingerprint density at radius 3 is 2.60 bits per heavy atom. The van der Waals surface area contributed by atoms with Gasteiger partial charge in [-0.2, -0.15) is 0 Å². The van der Waals surface area contributed by atoms with E-state index in [1.165, 1.54) is 24.3 Å². The molecule has 1 aromatic carbocycles. The second-order valence-electron chi connectivity index (χ2n) is 2.72. The Morgan fingerprint density at radius 1 is 1.33 bits per heavy atom. The minimum absolute atomic E-state index is 0.0321. The topological polar surface area (TPSA) is 63.6 Å². The van der Waals surface area contributed by atoms with E-state index in [1.807, 2.05) is 0 Å². The predicted molar refractivity (Wildman–Crippen MR) is 53.9 cm³/mol. The molecule has 0 saturated heterocycles. The van der Waals surface area contributed by atoms with Crippen molar-refractivity contribution < 1.29 is 19.4 Å². The van der Waals surface area contributed by atoms with Crippen molar-refractivity contribution in [1.82, 2.24) is 0 Å². The first kappa shape index (κ1) is 11.0. The molecule has 0 fully saturated rings. The molecular formula is C11H10O4. The molecule has 1 aromatic rings. The third kappa shape index (κ3) is 2.95. The Morgan fingerprint density at radius 2 is 2.00 bits per heavy atom. The monoisotopic (exact) mass is 206 g/mol. The SMILES string of the molecule is C/C=C/C(=O)Oc1ccccc1C(=O)O. The van der Waals surface area contributed by atoms with Crippen LogP contribution in [0.3, 0.4) is 0 Å². The van der Waals surface area contributed by atoms with Crippen LogP contribution < -0.4 is 4.74 Å². The summed E-state index contributed by atoms with van der Waals surface area (Å²) in [5, 5.41) is 8.80. The summed E-state index contributed by atoms with van der Waals surface area (Å²) in [6.45, 7) is 1.67. The van der Waals surface area contributed by atoms with Gasteiger partial charge in [-0.1, -0.05) is 18.2 Å². The number of carboxylic acid groups (broad SMARTS) is 1. The summed E-state index contributed by atoms with van der Waals surface area (Å²) in [6.07, 6.45) is 2.74. The van der Waals surface area contributed by atoms with Crippen molar-refractivity contribution in [2.45, 2.75) is 6.92 Å². The van der Waals surface area contributed by atoms with Crippen LogP contribution in [-0.4, -0.2) is 17.0 Å². The van der Waals surface area contributed by atoms with Crippen LogP contribution in [-0.2, 0) is 4.79 Å². The molecule has 0 aromatic heterocycles. The Labute approximate surface area is 86.8 Å². The average molecular weight is 206 g/mol. The van der Waals surface area contributed by atoms with Gasteiger partial charge in [-0.3, -0.25) is 0 Å². The molecule has 15 heavy (non-hydrogen) atoms. The number of hydrogen-bond acceptors (Lipinski definition) is 3. The molecule has 0 amide bonds. The number of carboxylic acids is 1. The van der Waals surface area contributed by atoms with Crippen molar-refractivity contribution in [3.63, 3.8) is 0 Å². The zero-order valence-electron chi connectivity index (χ0n) is 8.14. The number of carbonyl (C=O) groups excluding carboxylic acids is 1. The largest absolute Gasteiger partial charge is 0.478 e. The molecule has 0 heterocycles. The Kier molecular flexibility index (Phi) is 3.62. The third-order valence-corrected chi connectivity index (χ3v) is 1.63. The van der Waals surface area contributed by atoms with Gasteiger partial charge in [0.2, 0.25) is 0 Å². The summed E-state index contributed by atoms with van der Waals surface area (Å²) in [5.41, 5.74) is -0.0321. The van der Waals surface area contributed by atoms with Gasteiger partial charge in [0.15, 0.2) is 0 Å². The molecule has 0 aliphatic heterocycles. The fourth-order valence-electron chi connectivity index (χ4n) is 1.01. The highest BCUT2D eigenvalue weighted by Crippen LogP contribution is 2.17. The van der Waals surface area contributed by atoms with Crippen LogP contribution >= 0.6 is 0 Å². The van der Waals surface area contributed by atoms with Gasteiger partial charge in [-0.25, -0.2) is 9.59 Å². The van der Waals surface area contributed by atoms with E-state index in [1.54, 1.807) is 19.1 Å². The summed E-state index contributed by atoms with van der Waals surface area (Å²) in [4.78, 5) is 21.8. The smallest absolute Gasteiger partial charge is 0.339 e. The van der Waals surface area contributed by atoms with Crippen LogP contribution in [0.5, 0.6) is 5.75 Å². The molecule has 4 heteroatoms. The van der Waals surface area contributed by atoms with E-state index in [0.29, 0.717) is 0 Å². The van der Waals surface area contributed by atoms with Gasteiger partial charge in [-0.15, -0.1) is 0 Å². The molecule has 0 bridgehead atoms. The van der Waals surface area contributed by atoms with E-state index in [0.717, 1.165) is 0 Å². The first-order valence-corrected chi connectivity index (χ1v) is 4.32. The van der Waals surface area contributed by atoms with Crippen LogP contribution in [0.1, 0.15) is 17.3 Å². The zero-order chi connectivity index (χ0) is 11.3. The molecule has 78 valence electrons. The number of esters is 1. The maximum atomic E-state index is 11.1. The maximum Gasteiger partial charge on any atom is 0.339 e. The van der Waals surface area contributed by atoms with Crippen molar-refractivity contribution in [1.29, 1.82) is 0 Å². The molecule has 0 atom stereocenters. The van der Waals surface area contributed by atoms with Gasteiger partial charge in [0.05, 0.1) is 0 Å². The van der Waals surface area contributed by atoms with E-state index >= 15 is 0 Å². The van der Waals surface area contributed by atoms with Crippen molar-refractivity contribution in [2.75, 3.05) is 0 Å². The normalized spacial score (nSPS) is 10.2. The highest BCUT2D eigenvalue weighted by Gasteiger charge is 2.11. The minimum Gasteiger partial charge on any atom is -0.478 e. The van der Waals surface area contributed by atoms with Crippen molar-refractivity contribution >= 4 is 11.9 Å². The van der Waals surface area contributed by atoms with Crippen molar-refractivity contribution in [2.24, 2.45) is 0 Å². The lowest BCUT2D eigenvalue weighted by Gasteiger charge is -2.04. The number of rotatable bonds is 3. The number of benzene rings is 1. The molecule has 0 saturated carbocycles. The number of para-hydroxylation sites is 1. The molecule has 0 spiro atoms. The quantitative estimate of drug-likeness (QED) is 0.465. The van der Waals surface area contributed by atoms with Crippen LogP contribution in [0.15, 0.2) is 36.4 Å². The summed E-state index contributed by atoms with van der Waals surface area (Å²) >= 11 is 0. The van der Waals surface area contributed by atoms with Crippen molar-refractivity contribution in [3.05, 3.63) is 42.0 Å². The van der Waals surface area contributed by atoms with E-state index < -0.39 is 11.9 Å². The molecule has 0 aliphatic rings. The van der Waals surface area contributed by atoms with Gasteiger partial charge in [-0.05, 0) is 19.1 Å². The van der Waals surface area contributed by atoms with Gasteiger partial charge in [0, 0.05) is 6.08 Å². The lowest BCUT2D eigenvalue weighted by molar-refractivity contribution is -0.129. The molecule has 0 radical (unpaired) electrons. The highest BCUT2D eigenvalue weighted by molar-refractivity contribution is 5.93. The van der Waals surface area contributed by atoms with Crippen LogP contribution in [0, 0.1) is 0 Å². The second-order valence-corrected chi connectivity index (χ2v) is 2.72. The minimum atomic E-state index is -1.13. The average Bonchev–Trinajstić information content (AvgIpc) is 2.18. The van der Waals surface area contributed by atoms with E-state index in [2.05, 4.69) is 0 Å². The first-order chi connectivity index (χ1) is 7.15. The fraction of sp³-hybridized carbons (Fsp3) is 0.0909. The molecule has 0 aliphatic carbocycles. The lowest BCUT2D eigenvalue weighted by Crippen LogP contribution is -2.08. The van der Waals surface area contributed by atoms with Crippen molar-refractivity contribution in [3.8, 4) is 5.75 Å². The predicted octanol–water partition coefficient (Wildman–Crippen LogP) is 1.87. The third-order valence-electron chi connectivity index (χ3n) is 1.63. The molecule has 1 N–H and O–H groups in total. The fourth-order valence-corrected chi connectivity index (χ4v) is 1.01. The van der Waals surface area contributed by atoms with Crippen LogP contribution in [0.4, 0.5) is 0 Å². The number of allylic oxidation sites excluding steroid dienone is 1. The Balaban J connectivity index is 2.94. The van der Waals surface area contributed by atoms with E-state index in [-0.39, 0.29) is 11.3 Å². The van der Waals surface area contributed by atoms with E-state index in [4.69, 9.17) is 9.84 Å². The second kappa shape index (κ2) is 4.95. The highest BCUT2D eigenvalue weighted by atomic mass is 16.5. The van der Waals surface area contributed by atoms with Gasteiger partial charge >= 0.3 is 11.9 Å². The molecule has 4 nitrogen and oxygen atoms in total. The Hall–Kier alpha value is -2.10. The van der Waals surface area contributed by atoms with Gasteiger partial charge in [0.1, 0.15) is 11.3 Å². The van der Waals surface area contributed by atoms with E-state index in [9.17, 15) is 9.59 Å². The lowest BCUT2D eigenvalue weighted by atomic mass is 10.2. The van der Waals surface area contributed by atoms with Gasteiger partial charge < -0.3 is 9.84 Å². The Bertz CT molecular complexity index is 407. The molecule has 1 rings (SSSR count). The number of ether oxygens (including phenoxy) is 1. The summed E-state index contributed by atoms with van der Waals surface area (Å²) in [7, 11) is 0. The number of aromatic carboxylic acids is 1. The number of hydrogen-bond donors (Lipinski definition) is 1. The summed E-state index contributed by atoms with van der Waals surface area (Å²) in [5.74, 6) is -1.67. The standard InChI is InChI=1S/C11H10O4/c1-2-5-10(12)15-9-7-4-3-6-8(9)11(13)14/h2-7H,1H3,(H,13,14)/b5-2+. The first-order valence-electron chi connectivity index (χ1n) is 4.32. The number of carbonyl (C=O) groups is 2. The zero-order valence-corrected chi connectivity index (χ0v) is 8.14. The van der Waals surface area contributed by atoms with Crippen LogP contribution in [0.25, 0.3) is 0 Å². The van der Waals surface area contributed by atoms with Crippen LogP contribution in [0.2, 0.25) is 0 Å². The van der Waals surface area contributed by atoms with Gasteiger partial charge in [0.25, 0.3) is 0 Å². The molecular weight excluding hydrogens is 196 g/mol. The summed E-state index contributed by atoms with van der Waals surface area (Å²) < 4.78 is 4.84. The maximum absolute atomic E-state index is 11.1. The molecule has 0 unspecified atom stereocenters. The summed E-state index contributed by atoms with van der Waals surface area (Å²) in [6, 6.07) is 5.98.